The molecule has 0 aromatic carbocycles. The van der Waals surface area contributed by atoms with E-state index in [-0.39, 0.29) is 0 Å². The summed E-state index contributed by atoms with van der Waals surface area (Å²) < 4.78 is 5.03. The number of aromatic nitrogens is 2. The molecule has 0 aliphatic heterocycles. The molecule has 0 amide bonds. The van der Waals surface area contributed by atoms with E-state index in [1.54, 1.807) is 23.0 Å². The lowest BCUT2D eigenvalue weighted by atomic mass is 10.0. The molecule has 0 saturated heterocycles. The number of nitrogen functional groups attached to an aromatic ring is 1. The molecule has 0 bridgehead atoms. The first-order valence-electron chi connectivity index (χ1n) is 4.81. The van der Waals surface area contributed by atoms with Gasteiger partial charge in [0.2, 0.25) is 5.88 Å². The molecular formula is C10H13N3OS. The molecule has 80 valence electrons. The summed E-state index contributed by atoms with van der Waals surface area (Å²) in [5.74, 6) is 0.950. The van der Waals surface area contributed by atoms with Crippen molar-refractivity contribution in [2.45, 2.75) is 20.3 Å². The van der Waals surface area contributed by atoms with Crippen LogP contribution >= 0.6 is 11.3 Å². The van der Waals surface area contributed by atoms with E-state index < -0.39 is 0 Å². The van der Waals surface area contributed by atoms with E-state index in [1.807, 2.05) is 0 Å². The lowest BCUT2D eigenvalue weighted by Gasteiger charge is -2.03. The Morgan fingerprint density at radius 1 is 1.53 bits per heavy atom. The Bertz CT molecular complexity index is 433. The van der Waals surface area contributed by atoms with Crippen LogP contribution in [0.3, 0.4) is 0 Å². The van der Waals surface area contributed by atoms with Crippen LogP contribution in [0.1, 0.15) is 19.4 Å². The largest absolute Gasteiger partial charge is 0.367 e. The van der Waals surface area contributed by atoms with Crippen molar-refractivity contribution in [3.05, 3.63) is 17.3 Å². The summed E-state index contributed by atoms with van der Waals surface area (Å²) in [6.07, 6.45) is 2.66. The Kier molecular flexibility index (Phi) is 2.73. The minimum atomic E-state index is 0.423. The van der Waals surface area contributed by atoms with Crippen LogP contribution in [-0.4, -0.2) is 10.1 Å². The van der Waals surface area contributed by atoms with Crippen molar-refractivity contribution in [3.8, 4) is 10.6 Å². The van der Waals surface area contributed by atoms with Crippen LogP contribution in [0.2, 0.25) is 0 Å². The number of rotatable bonds is 3. The van der Waals surface area contributed by atoms with Crippen LogP contribution in [0.25, 0.3) is 10.6 Å². The average Bonchev–Trinajstić information content (AvgIpc) is 2.76. The molecule has 2 aromatic rings. The molecule has 0 radical (unpaired) electrons. The molecule has 2 aromatic heterocycles. The average molecular weight is 223 g/mol. The quantitative estimate of drug-likeness (QED) is 0.868. The van der Waals surface area contributed by atoms with E-state index >= 15 is 0 Å². The topological polar surface area (TPSA) is 64.9 Å². The summed E-state index contributed by atoms with van der Waals surface area (Å²) >= 11 is 1.54. The lowest BCUT2D eigenvalue weighted by Crippen LogP contribution is -1.98. The monoisotopic (exact) mass is 223 g/mol. The van der Waals surface area contributed by atoms with E-state index in [2.05, 4.69) is 24.0 Å². The Labute approximate surface area is 92.1 Å². The summed E-state index contributed by atoms with van der Waals surface area (Å²) in [5, 5.41) is 3.98. The lowest BCUT2D eigenvalue weighted by molar-refractivity contribution is 0.438. The predicted octanol–water partition coefficient (Wildman–Crippen LogP) is 2.58. The second kappa shape index (κ2) is 4.02. The van der Waals surface area contributed by atoms with Crippen LogP contribution in [0.5, 0.6) is 0 Å². The standard InChI is InChI=1S/C10H13N3OS/c1-6(2)3-7-9(13-14-10(7)11)8-4-12-5-15-8/h4-6H,3,11H2,1-2H3. The van der Waals surface area contributed by atoms with Gasteiger partial charge in [0.1, 0.15) is 5.69 Å². The van der Waals surface area contributed by atoms with E-state index in [0.29, 0.717) is 11.8 Å². The third-order valence-corrected chi connectivity index (χ3v) is 2.88. The molecule has 2 N–H and O–H groups in total. The highest BCUT2D eigenvalue weighted by Gasteiger charge is 2.17. The zero-order valence-electron chi connectivity index (χ0n) is 8.73. The maximum atomic E-state index is 5.75. The molecule has 2 rings (SSSR count). The van der Waals surface area contributed by atoms with Crippen LogP contribution in [-0.2, 0) is 6.42 Å². The molecule has 2 heterocycles. The second-order valence-electron chi connectivity index (χ2n) is 3.84. The third-order valence-electron chi connectivity index (χ3n) is 2.10. The first-order valence-corrected chi connectivity index (χ1v) is 5.69. The minimum absolute atomic E-state index is 0.423. The molecule has 0 saturated carbocycles. The van der Waals surface area contributed by atoms with Crippen molar-refractivity contribution in [1.82, 2.24) is 10.1 Å². The first kappa shape index (κ1) is 10.2. The fourth-order valence-corrected chi connectivity index (χ4v) is 2.08. The second-order valence-corrected chi connectivity index (χ2v) is 4.72. The zero-order valence-corrected chi connectivity index (χ0v) is 9.54. The number of thiazole rings is 1. The summed E-state index contributed by atoms with van der Waals surface area (Å²) in [6.45, 7) is 4.28. The Morgan fingerprint density at radius 2 is 2.33 bits per heavy atom. The Balaban J connectivity index is 2.40. The number of anilines is 1. The van der Waals surface area contributed by atoms with E-state index in [9.17, 15) is 0 Å². The molecule has 0 spiro atoms. The molecule has 15 heavy (non-hydrogen) atoms. The zero-order chi connectivity index (χ0) is 10.8. The third kappa shape index (κ3) is 2.02. The summed E-state index contributed by atoms with van der Waals surface area (Å²) in [7, 11) is 0. The Hall–Kier alpha value is -1.36. The van der Waals surface area contributed by atoms with Gasteiger partial charge in [-0.15, -0.1) is 11.3 Å². The van der Waals surface area contributed by atoms with Crippen LogP contribution < -0.4 is 5.73 Å². The van der Waals surface area contributed by atoms with Gasteiger partial charge >= 0.3 is 0 Å². The van der Waals surface area contributed by atoms with Gasteiger partial charge in [-0.25, -0.2) is 0 Å². The summed E-state index contributed by atoms with van der Waals surface area (Å²) in [6, 6.07) is 0. The van der Waals surface area contributed by atoms with Gasteiger partial charge < -0.3 is 10.3 Å². The van der Waals surface area contributed by atoms with Crippen molar-refractivity contribution in [2.24, 2.45) is 5.92 Å². The van der Waals surface area contributed by atoms with E-state index in [0.717, 1.165) is 22.6 Å². The maximum absolute atomic E-state index is 5.75. The molecule has 5 heteroatoms. The highest BCUT2D eigenvalue weighted by molar-refractivity contribution is 7.13. The fourth-order valence-electron chi connectivity index (χ4n) is 1.45. The molecular weight excluding hydrogens is 210 g/mol. The van der Waals surface area contributed by atoms with Crippen molar-refractivity contribution < 1.29 is 4.52 Å². The fraction of sp³-hybridized carbons (Fsp3) is 0.400. The maximum Gasteiger partial charge on any atom is 0.225 e. The van der Waals surface area contributed by atoms with E-state index in [4.69, 9.17) is 10.3 Å². The SMILES string of the molecule is CC(C)Cc1c(-c2cncs2)noc1N. The normalized spacial score (nSPS) is 11.1. The Morgan fingerprint density at radius 3 is 2.93 bits per heavy atom. The summed E-state index contributed by atoms with van der Waals surface area (Å²) in [5.41, 5.74) is 9.36. The number of hydrogen-bond acceptors (Lipinski definition) is 5. The van der Waals surface area contributed by atoms with Gasteiger partial charge in [0.25, 0.3) is 0 Å². The van der Waals surface area contributed by atoms with Gasteiger partial charge in [-0.3, -0.25) is 4.98 Å². The van der Waals surface area contributed by atoms with Crippen molar-refractivity contribution in [2.75, 3.05) is 5.73 Å². The van der Waals surface area contributed by atoms with Gasteiger partial charge in [0.15, 0.2) is 0 Å². The van der Waals surface area contributed by atoms with Crippen molar-refractivity contribution in [3.63, 3.8) is 0 Å². The van der Waals surface area contributed by atoms with Crippen LogP contribution in [0.4, 0.5) is 5.88 Å². The van der Waals surface area contributed by atoms with Gasteiger partial charge in [-0.1, -0.05) is 19.0 Å². The van der Waals surface area contributed by atoms with Gasteiger partial charge in [-0.05, 0) is 12.3 Å². The highest BCUT2D eigenvalue weighted by Crippen LogP contribution is 2.31. The van der Waals surface area contributed by atoms with Gasteiger partial charge in [0.05, 0.1) is 10.4 Å². The van der Waals surface area contributed by atoms with Crippen LogP contribution in [0, 0.1) is 5.92 Å². The van der Waals surface area contributed by atoms with Crippen LogP contribution in [0.15, 0.2) is 16.2 Å². The minimum Gasteiger partial charge on any atom is -0.367 e. The van der Waals surface area contributed by atoms with Gasteiger partial charge in [0, 0.05) is 11.8 Å². The molecule has 0 aliphatic rings. The summed E-state index contributed by atoms with van der Waals surface area (Å²) in [4.78, 5) is 5.03. The number of nitrogens with zero attached hydrogens (tertiary/aromatic N) is 2. The molecule has 0 atom stereocenters. The smallest absolute Gasteiger partial charge is 0.225 e. The molecule has 0 unspecified atom stereocenters. The molecule has 0 aliphatic carbocycles. The first-order chi connectivity index (χ1) is 7.18. The predicted molar refractivity (Wildman–Crippen MR) is 60.6 cm³/mol. The number of hydrogen-bond donors (Lipinski definition) is 1. The van der Waals surface area contributed by atoms with Crippen molar-refractivity contribution in [1.29, 1.82) is 0 Å². The number of nitrogens with two attached hydrogens (primary N) is 1. The van der Waals surface area contributed by atoms with E-state index in [1.165, 1.54) is 0 Å². The van der Waals surface area contributed by atoms with Crippen molar-refractivity contribution >= 4 is 17.2 Å². The molecule has 0 fully saturated rings. The molecule has 4 nitrogen and oxygen atoms in total. The highest BCUT2D eigenvalue weighted by atomic mass is 32.1. The van der Waals surface area contributed by atoms with Gasteiger partial charge in [-0.2, -0.15) is 0 Å².